The van der Waals surface area contributed by atoms with Crippen molar-refractivity contribution in [2.45, 2.75) is 19.8 Å². The van der Waals surface area contributed by atoms with E-state index in [-0.39, 0.29) is 0 Å². The molecule has 0 aliphatic heterocycles. The van der Waals surface area contributed by atoms with Crippen molar-refractivity contribution in [1.82, 2.24) is 15.0 Å². The minimum absolute atomic E-state index is 0.544. The molecule has 100 valence electrons. The maximum absolute atomic E-state index is 6.25. The Kier molecular flexibility index (Phi) is 3.61. The van der Waals surface area contributed by atoms with E-state index in [1.54, 1.807) is 6.20 Å². The van der Waals surface area contributed by atoms with Crippen molar-refractivity contribution in [3.63, 3.8) is 0 Å². The average molecular weight is 284 g/mol. The summed E-state index contributed by atoms with van der Waals surface area (Å²) in [5, 5.41) is 2.78. The van der Waals surface area contributed by atoms with Crippen LogP contribution >= 0.6 is 11.6 Å². The van der Waals surface area contributed by atoms with Gasteiger partial charge >= 0.3 is 0 Å². The van der Waals surface area contributed by atoms with E-state index in [9.17, 15) is 0 Å². The number of halogens is 1. The number of aromatic nitrogens is 3. The van der Waals surface area contributed by atoms with Gasteiger partial charge in [-0.3, -0.25) is 4.98 Å². The van der Waals surface area contributed by atoms with Gasteiger partial charge in [0.1, 0.15) is 11.5 Å². The van der Waals surface area contributed by atoms with Gasteiger partial charge in [0.15, 0.2) is 0 Å². The number of hydrogen-bond donors (Lipinski definition) is 0. The van der Waals surface area contributed by atoms with E-state index in [4.69, 9.17) is 11.6 Å². The molecule has 1 aromatic carbocycles. The molecule has 0 N–H and O–H groups in total. The average Bonchev–Trinajstić information content (AvgIpc) is 2.49. The number of fused-ring (bicyclic) bond motifs is 1. The predicted molar refractivity (Wildman–Crippen MR) is 81.8 cm³/mol. The summed E-state index contributed by atoms with van der Waals surface area (Å²) in [5.41, 5.74) is 3.02. The van der Waals surface area contributed by atoms with Crippen LogP contribution in [0.5, 0.6) is 0 Å². The second kappa shape index (κ2) is 5.55. The molecule has 0 saturated heterocycles. The molecule has 2 heterocycles. The van der Waals surface area contributed by atoms with E-state index in [0.29, 0.717) is 5.15 Å². The van der Waals surface area contributed by atoms with Gasteiger partial charge in [0.05, 0.1) is 5.69 Å². The topological polar surface area (TPSA) is 38.7 Å². The Labute approximate surface area is 122 Å². The number of hydrogen-bond acceptors (Lipinski definition) is 3. The van der Waals surface area contributed by atoms with E-state index in [1.165, 1.54) is 6.33 Å². The molecule has 0 aliphatic rings. The molecule has 0 fully saturated rings. The Bertz CT molecular complexity index is 750. The first-order chi connectivity index (χ1) is 9.81. The van der Waals surface area contributed by atoms with Gasteiger partial charge in [-0.2, -0.15) is 0 Å². The van der Waals surface area contributed by atoms with Gasteiger partial charge in [0.25, 0.3) is 0 Å². The number of rotatable bonds is 3. The van der Waals surface area contributed by atoms with Crippen molar-refractivity contribution in [3.05, 3.63) is 53.7 Å². The van der Waals surface area contributed by atoms with Gasteiger partial charge < -0.3 is 0 Å². The molecule has 3 rings (SSSR count). The highest BCUT2D eigenvalue weighted by Gasteiger charge is 2.13. The van der Waals surface area contributed by atoms with E-state index in [2.05, 4.69) is 27.9 Å². The van der Waals surface area contributed by atoms with Gasteiger partial charge in [0.2, 0.25) is 0 Å². The van der Waals surface area contributed by atoms with Gasteiger partial charge in [-0.1, -0.05) is 43.1 Å². The zero-order chi connectivity index (χ0) is 13.9. The summed E-state index contributed by atoms with van der Waals surface area (Å²) >= 11 is 6.25. The molecule has 0 atom stereocenters. The fraction of sp³-hybridized carbons (Fsp3) is 0.188. The zero-order valence-corrected chi connectivity index (χ0v) is 11.9. The first-order valence-corrected chi connectivity index (χ1v) is 7.01. The smallest absolute Gasteiger partial charge is 0.136 e. The molecule has 0 radical (unpaired) electrons. The molecule has 4 heteroatoms. The first kappa shape index (κ1) is 13.0. The molecule has 0 spiro atoms. The van der Waals surface area contributed by atoms with Crippen LogP contribution in [0.2, 0.25) is 5.15 Å². The van der Waals surface area contributed by atoms with E-state index in [1.807, 2.05) is 24.4 Å². The van der Waals surface area contributed by atoms with Crippen LogP contribution in [0.1, 0.15) is 18.9 Å². The Morgan fingerprint density at radius 2 is 2.05 bits per heavy atom. The normalized spacial score (nSPS) is 10.9. The lowest BCUT2D eigenvalue weighted by Crippen LogP contribution is -1.97. The third kappa shape index (κ3) is 2.25. The fourth-order valence-electron chi connectivity index (χ4n) is 2.42. The lowest BCUT2D eigenvalue weighted by molar-refractivity contribution is 0.904. The molecule has 0 unspecified atom stereocenters. The number of pyridine rings is 1. The van der Waals surface area contributed by atoms with E-state index >= 15 is 0 Å². The molecule has 2 aromatic heterocycles. The van der Waals surface area contributed by atoms with E-state index in [0.717, 1.165) is 40.4 Å². The van der Waals surface area contributed by atoms with Crippen LogP contribution in [-0.2, 0) is 6.42 Å². The summed E-state index contributed by atoms with van der Waals surface area (Å²) in [6.45, 7) is 2.13. The summed E-state index contributed by atoms with van der Waals surface area (Å²) in [6.07, 6.45) is 7.06. The van der Waals surface area contributed by atoms with Crippen LogP contribution in [0.15, 0.2) is 43.0 Å². The quantitative estimate of drug-likeness (QED) is 0.673. The van der Waals surface area contributed by atoms with Crippen molar-refractivity contribution in [1.29, 1.82) is 0 Å². The molecular weight excluding hydrogens is 270 g/mol. The zero-order valence-electron chi connectivity index (χ0n) is 11.2. The summed E-state index contributed by atoms with van der Waals surface area (Å²) in [4.78, 5) is 12.7. The molecule has 0 bridgehead atoms. The highest BCUT2D eigenvalue weighted by molar-refractivity contribution is 6.30. The Hall–Kier alpha value is -2.00. The Morgan fingerprint density at radius 1 is 1.15 bits per heavy atom. The summed E-state index contributed by atoms with van der Waals surface area (Å²) in [5.74, 6) is 0. The van der Waals surface area contributed by atoms with Crippen LogP contribution in [-0.4, -0.2) is 15.0 Å². The molecule has 0 saturated carbocycles. The standard InChI is InChI=1S/C16H14ClN3/c1-2-4-14-15(19-10-20-16(14)17)13-6-3-5-11-9-18-8-7-12(11)13/h3,5-10H,2,4H2,1H3. The van der Waals surface area contributed by atoms with E-state index < -0.39 is 0 Å². The number of nitrogens with zero attached hydrogens (tertiary/aromatic N) is 3. The maximum atomic E-state index is 6.25. The van der Waals surface area contributed by atoms with Gasteiger partial charge in [-0.15, -0.1) is 0 Å². The second-order valence-corrected chi connectivity index (χ2v) is 5.00. The highest BCUT2D eigenvalue weighted by Crippen LogP contribution is 2.31. The van der Waals surface area contributed by atoms with Crippen molar-refractivity contribution in [2.24, 2.45) is 0 Å². The maximum Gasteiger partial charge on any atom is 0.136 e. The molecule has 3 aromatic rings. The third-order valence-corrected chi connectivity index (χ3v) is 3.65. The minimum Gasteiger partial charge on any atom is -0.264 e. The third-order valence-electron chi connectivity index (χ3n) is 3.33. The molecular formula is C16H14ClN3. The van der Waals surface area contributed by atoms with Crippen LogP contribution in [0.4, 0.5) is 0 Å². The number of benzene rings is 1. The van der Waals surface area contributed by atoms with Crippen molar-refractivity contribution in [2.75, 3.05) is 0 Å². The van der Waals surface area contributed by atoms with Crippen molar-refractivity contribution in [3.8, 4) is 11.3 Å². The summed E-state index contributed by atoms with van der Waals surface area (Å²) in [7, 11) is 0. The highest BCUT2D eigenvalue weighted by atomic mass is 35.5. The molecule has 0 amide bonds. The van der Waals surface area contributed by atoms with Crippen LogP contribution in [0, 0.1) is 0 Å². The molecule has 20 heavy (non-hydrogen) atoms. The first-order valence-electron chi connectivity index (χ1n) is 6.63. The van der Waals surface area contributed by atoms with Crippen LogP contribution in [0.3, 0.4) is 0 Å². The largest absolute Gasteiger partial charge is 0.264 e. The Morgan fingerprint density at radius 3 is 2.90 bits per heavy atom. The van der Waals surface area contributed by atoms with Crippen LogP contribution < -0.4 is 0 Å². The SMILES string of the molecule is CCCc1c(Cl)ncnc1-c1cccc2cnccc12. The second-order valence-electron chi connectivity index (χ2n) is 4.64. The lowest BCUT2D eigenvalue weighted by Gasteiger charge is -2.11. The summed E-state index contributed by atoms with van der Waals surface area (Å²) < 4.78 is 0. The fourth-order valence-corrected chi connectivity index (χ4v) is 2.65. The van der Waals surface area contributed by atoms with Crippen molar-refractivity contribution >= 4 is 22.4 Å². The van der Waals surface area contributed by atoms with Crippen molar-refractivity contribution < 1.29 is 0 Å². The van der Waals surface area contributed by atoms with Crippen LogP contribution in [0.25, 0.3) is 22.0 Å². The molecule has 3 nitrogen and oxygen atoms in total. The lowest BCUT2D eigenvalue weighted by atomic mass is 9.99. The van der Waals surface area contributed by atoms with Gasteiger partial charge in [-0.25, -0.2) is 9.97 Å². The van der Waals surface area contributed by atoms with Gasteiger partial charge in [-0.05, 0) is 17.9 Å². The Balaban J connectivity index is 2.28. The van der Waals surface area contributed by atoms with Gasteiger partial charge in [0, 0.05) is 28.9 Å². The summed E-state index contributed by atoms with van der Waals surface area (Å²) in [6, 6.07) is 8.15. The monoisotopic (exact) mass is 283 g/mol. The molecule has 0 aliphatic carbocycles. The predicted octanol–water partition coefficient (Wildman–Crippen LogP) is 4.30. The minimum atomic E-state index is 0.544.